The van der Waals surface area contributed by atoms with Crippen LogP contribution in [0.15, 0.2) is 42.5 Å². The highest BCUT2D eigenvalue weighted by molar-refractivity contribution is 6.42. The second kappa shape index (κ2) is 8.47. The predicted molar refractivity (Wildman–Crippen MR) is 115 cm³/mol. The van der Waals surface area contributed by atoms with Gasteiger partial charge in [0.25, 0.3) is 0 Å². The first-order chi connectivity index (χ1) is 13.1. The number of ether oxygens (including phenoxy) is 1. The molecular weight excluding hydrogens is 421 g/mol. The van der Waals surface area contributed by atoms with Crippen molar-refractivity contribution in [3.63, 3.8) is 0 Å². The third-order valence-electron chi connectivity index (χ3n) is 4.63. The molecule has 0 amide bonds. The number of rotatable bonds is 4. The summed E-state index contributed by atoms with van der Waals surface area (Å²) in [5.41, 5.74) is 7.93. The normalized spacial score (nSPS) is 18.0. The lowest BCUT2D eigenvalue weighted by Crippen LogP contribution is -2.28. The van der Waals surface area contributed by atoms with Crippen LogP contribution in [0.1, 0.15) is 36.6 Å². The molecule has 0 saturated carbocycles. The summed E-state index contributed by atoms with van der Waals surface area (Å²) in [6.07, 6.45) is 0.734. The molecule has 2 atom stereocenters. The van der Waals surface area contributed by atoms with Crippen molar-refractivity contribution in [3.05, 3.63) is 63.6 Å². The van der Waals surface area contributed by atoms with Gasteiger partial charge < -0.3 is 15.8 Å². The Kier molecular flexibility index (Phi) is 6.23. The molecule has 3 aromatic rings. The summed E-state index contributed by atoms with van der Waals surface area (Å²) in [7, 11) is 0. The zero-order chi connectivity index (χ0) is 19.0. The Labute approximate surface area is 179 Å². The van der Waals surface area contributed by atoms with E-state index in [9.17, 15) is 0 Å². The zero-order valence-corrected chi connectivity index (χ0v) is 17.4. The fourth-order valence-electron chi connectivity index (χ4n) is 3.44. The number of fused-ring (bicyclic) bond motifs is 1. The van der Waals surface area contributed by atoms with Crippen LogP contribution in [-0.4, -0.2) is 21.4 Å². The van der Waals surface area contributed by atoms with Gasteiger partial charge in [-0.2, -0.15) is 4.98 Å². The Morgan fingerprint density at radius 3 is 2.75 bits per heavy atom. The van der Waals surface area contributed by atoms with E-state index in [1.54, 1.807) is 6.07 Å². The third-order valence-corrected chi connectivity index (χ3v) is 5.37. The van der Waals surface area contributed by atoms with Gasteiger partial charge in [0.1, 0.15) is 5.75 Å². The van der Waals surface area contributed by atoms with Gasteiger partial charge in [-0.25, -0.2) is 4.68 Å². The molecule has 148 valence electrons. The van der Waals surface area contributed by atoms with E-state index < -0.39 is 0 Å². The summed E-state index contributed by atoms with van der Waals surface area (Å²) in [6, 6.07) is 13.5. The molecule has 1 aromatic heterocycles. The number of halogens is 3. The Morgan fingerprint density at radius 2 is 2.00 bits per heavy atom. The number of anilines is 2. The van der Waals surface area contributed by atoms with Crippen molar-refractivity contribution in [1.82, 2.24) is 14.8 Å². The summed E-state index contributed by atoms with van der Waals surface area (Å²) in [4.78, 5) is 4.34. The lowest BCUT2D eigenvalue weighted by Gasteiger charge is -2.32. The van der Waals surface area contributed by atoms with Crippen LogP contribution < -0.4 is 15.8 Å². The van der Waals surface area contributed by atoms with E-state index in [-0.39, 0.29) is 30.4 Å². The molecule has 0 radical (unpaired) electrons. The molecule has 6 nitrogen and oxygen atoms in total. The molecule has 0 bridgehead atoms. The Balaban J connectivity index is 0.00000225. The quantitative estimate of drug-likeness (QED) is 0.588. The average Bonchev–Trinajstić information content (AvgIpc) is 3.04. The van der Waals surface area contributed by atoms with Crippen molar-refractivity contribution < 1.29 is 4.74 Å². The van der Waals surface area contributed by atoms with E-state index in [1.165, 1.54) is 0 Å². The molecular formula is C19H20Cl3N5O. The molecule has 0 saturated heterocycles. The number of hydrogen-bond acceptors (Lipinski definition) is 5. The van der Waals surface area contributed by atoms with Gasteiger partial charge in [0.05, 0.1) is 28.7 Å². The Hall–Kier alpha value is -2.15. The number of benzene rings is 2. The van der Waals surface area contributed by atoms with Crippen LogP contribution in [0.5, 0.6) is 5.75 Å². The maximum atomic E-state index is 6.22. The van der Waals surface area contributed by atoms with Gasteiger partial charge in [0.15, 0.2) is 0 Å². The first-order valence-electron chi connectivity index (χ1n) is 8.72. The molecule has 2 aromatic carbocycles. The maximum absolute atomic E-state index is 6.22. The highest BCUT2D eigenvalue weighted by Gasteiger charge is 2.32. The van der Waals surface area contributed by atoms with Gasteiger partial charge in [-0.3, -0.25) is 0 Å². The van der Waals surface area contributed by atoms with Crippen LogP contribution in [0, 0.1) is 0 Å². The minimum atomic E-state index is -0.0757. The number of aromatic nitrogens is 3. The molecule has 4 rings (SSSR count). The van der Waals surface area contributed by atoms with Crippen molar-refractivity contribution in [2.75, 3.05) is 17.7 Å². The van der Waals surface area contributed by atoms with Crippen LogP contribution in [0.3, 0.4) is 0 Å². The molecule has 1 aliphatic heterocycles. The molecule has 2 heterocycles. The van der Waals surface area contributed by atoms with Gasteiger partial charge in [-0.05, 0) is 37.1 Å². The molecule has 0 unspecified atom stereocenters. The van der Waals surface area contributed by atoms with E-state index in [1.807, 2.05) is 41.9 Å². The molecule has 9 heteroatoms. The van der Waals surface area contributed by atoms with Crippen LogP contribution in [0.4, 0.5) is 11.9 Å². The molecule has 0 fully saturated rings. The fourth-order valence-corrected chi connectivity index (χ4v) is 3.75. The van der Waals surface area contributed by atoms with Gasteiger partial charge in [-0.1, -0.05) is 47.5 Å². The van der Waals surface area contributed by atoms with Gasteiger partial charge >= 0.3 is 0 Å². The van der Waals surface area contributed by atoms with E-state index in [4.69, 9.17) is 33.7 Å². The Morgan fingerprint density at radius 1 is 1.21 bits per heavy atom. The largest absolute Gasteiger partial charge is 0.494 e. The third kappa shape index (κ3) is 3.85. The minimum Gasteiger partial charge on any atom is -0.494 e. The number of nitrogen functional groups attached to an aromatic ring is 1. The number of nitrogens with zero attached hydrogens (tertiary/aromatic N) is 3. The van der Waals surface area contributed by atoms with Crippen molar-refractivity contribution in [3.8, 4) is 5.75 Å². The Bertz CT molecular complexity index is 978. The number of nitrogens with one attached hydrogen (secondary N) is 1. The van der Waals surface area contributed by atoms with Crippen LogP contribution in [-0.2, 0) is 0 Å². The number of para-hydroxylation sites is 1. The van der Waals surface area contributed by atoms with Crippen molar-refractivity contribution >= 4 is 47.5 Å². The van der Waals surface area contributed by atoms with Gasteiger partial charge in [0.2, 0.25) is 11.9 Å². The molecule has 28 heavy (non-hydrogen) atoms. The highest BCUT2D eigenvalue weighted by atomic mass is 35.5. The zero-order valence-electron chi connectivity index (χ0n) is 15.1. The van der Waals surface area contributed by atoms with Crippen molar-refractivity contribution in [1.29, 1.82) is 0 Å². The topological polar surface area (TPSA) is 78.0 Å². The van der Waals surface area contributed by atoms with Gasteiger partial charge in [-0.15, -0.1) is 17.5 Å². The van der Waals surface area contributed by atoms with Crippen molar-refractivity contribution in [2.24, 2.45) is 0 Å². The fraction of sp³-hybridized carbons (Fsp3) is 0.263. The van der Waals surface area contributed by atoms with Gasteiger partial charge in [0, 0.05) is 5.56 Å². The highest BCUT2D eigenvalue weighted by Crippen LogP contribution is 2.41. The van der Waals surface area contributed by atoms with Crippen molar-refractivity contribution in [2.45, 2.75) is 25.4 Å². The summed E-state index contributed by atoms with van der Waals surface area (Å²) >= 11 is 12.3. The van der Waals surface area contributed by atoms with Crippen LogP contribution in [0.2, 0.25) is 10.0 Å². The summed E-state index contributed by atoms with van der Waals surface area (Å²) in [6.45, 7) is 2.56. The molecule has 0 aliphatic carbocycles. The predicted octanol–water partition coefficient (Wildman–Crippen LogP) is 5.13. The SMILES string of the molecule is CCOc1ccccc1[C@H]1C[C@@H](c2ccc(Cl)c(Cl)c2)Nc2nc(N)nn21.Cl. The number of hydrogen-bond donors (Lipinski definition) is 2. The minimum absolute atomic E-state index is 0. The lowest BCUT2D eigenvalue weighted by molar-refractivity contribution is 0.325. The molecule has 3 N–H and O–H groups in total. The molecule has 0 spiro atoms. The van der Waals surface area contributed by atoms with E-state index in [2.05, 4.69) is 21.5 Å². The lowest BCUT2D eigenvalue weighted by atomic mass is 9.93. The van der Waals surface area contributed by atoms with E-state index in [0.29, 0.717) is 22.6 Å². The second-order valence-electron chi connectivity index (χ2n) is 6.33. The van der Waals surface area contributed by atoms with E-state index in [0.717, 1.165) is 23.3 Å². The summed E-state index contributed by atoms with van der Waals surface area (Å²) in [5.74, 6) is 1.68. The summed E-state index contributed by atoms with van der Waals surface area (Å²) in [5, 5.41) is 8.84. The average molecular weight is 441 g/mol. The summed E-state index contributed by atoms with van der Waals surface area (Å²) < 4.78 is 7.66. The standard InChI is InChI=1S/C19H19Cl2N5O.ClH/c1-2-27-17-6-4-3-5-12(17)16-10-15(11-7-8-13(20)14(21)9-11)23-19-24-18(22)25-26(16)19;/h3-9,15-16H,2,10H2,1H3,(H3,22,23,24,25);1H/t15-,16+;/m0./s1. The van der Waals surface area contributed by atoms with E-state index >= 15 is 0 Å². The first kappa shape index (κ1) is 20.6. The monoisotopic (exact) mass is 439 g/mol. The first-order valence-corrected chi connectivity index (χ1v) is 9.47. The smallest absolute Gasteiger partial charge is 0.241 e. The second-order valence-corrected chi connectivity index (χ2v) is 7.15. The van der Waals surface area contributed by atoms with Crippen LogP contribution in [0.25, 0.3) is 0 Å². The van der Waals surface area contributed by atoms with Crippen LogP contribution >= 0.6 is 35.6 Å². The molecule has 1 aliphatic rings. The maximum Gasteiger partial charge on any atom is 0.241 e. The number of nitrogens with two attached hydrogens (primary N) is 1.